The summed E-state index contributed by atoms with van der Waals surface area (Å²) in [5.41, 5.74) is 0.420. The van der Waals surface area contributed by atoms with Gasteiger partial charge in [-0.25, -0.2) is 8.78 Å². The summed E-state index contributed by atoms with van der Waals surface area (Å²) >= 11 is 3.04. The van der Waals surface area contributed by atoms with Gasteiger partial charge >= 0.3 is 0 Å². The van der Waals surface area contributed by atoms with Crippen LogP contribution in [0, 0.1) is 24.4 Å². The van der Waals surface area contributed by atoms with Gasteiger partial charge in [0.15, 0.2) is 11.6 Å². The molecule has 0 aromatic heterocycles. The van der Waals surface area contributed by atoms with Gasteiger partial charge < -0.3 is 9.84 Å². The molecule has 0 saturated heterocycles. The predicted octanol–water partition coefficient (Wildman–Crippen LogP) is 5.02. The molecule has 0 heterocycles. The van der Waals surface area contributed by atoms with Crippen molar-refractivity contribution in [2.45, 2.75) is 20.0 Å². The van der Waals surface area contributed by atoms with E-state index in [1.807, 2.05) is 0 Å². The van der Waals surface area contributed by atoms with Gasteiger partial charge in [0.05, 0.1) is 6.10 Å². The van der Waals surface area contributed by atoms with Crippen molar-refractivity contribution in [1.29, 1.82) is 0 Å². The molecule has 1 unspecified atom stereocenters. The van der Waals surface area contributed by atoms with Crippen molar-refractivity contribution in [3.63, 3.8) is 0 Å². The van der Waals surface area contributed by atoms with E-state index in [0.29, 0.717) is 4.47 Å². The number of benzene rings is 2. The maximum absolute atomic E-state index is 13.7. The third kappa shape index (κ3) is 3.39. The number of hydrogen-bond acceptors (Lipinski definition) is 2. The van der Waals surface area contributed by atoms with Gasteiger partial charge in [0, 0.05) is 10.0 Å². The smallest absolute Gasteiger partial charge is 0.201 e. The number of halogens is 4. The second-order valence-electron chi connectivity index (χ2n) is 4.62. The summed E-state index contributed by atoms with van der Waals surface area (Å²) in [6.45, 7) is 2.93. The molecule has 21 heavy (non-hydrogen) atoms. The molecule has 0 aliphatic carbocycles. The highest BCUT2D eigenvalue weighted by molar-refractivity contribution is 9.10. The molecule has 2 aromatic carbocycles. The highest BCUT2D eigenvalue weighted by Gasteiger charge is 2.17. The minimum atomic E-state index is -1.16. The van der Waals surface area contributed by atoms with Crippen LogP contribution in [0.4, 0.5) is 13.2 Å². The Kier molecular flexibility index (Phi) is 4.58. The lowest BCUT2D eigenvalue weighted by Crippen LogP contribution is -2.00. The Morgan fingerprint density at radius 2 is 1.71 bits per heavy atom. The van der Waals surface area contributed by atoms with Crippen molar-refractivity contribution in [3.8, 4) is 11.5 Å². The summed E-state index contributed by atoms with van der Waals surface area (Å²) in [5.74, 6) is -3.03. The fourth-order valence-electron chi connectivity index (χ4n) is 1.81. The van der Waals surface area contributed by atoms with Crippen LogP contribution in [0.3, 0.4) is 0 Å². The van der Waals surface area contributed by atoms with Crippen LogP contribution in [-0.4, -0.2) is 5.11 Å². The third-order valence-electron chi connectivity index (χ3n) is 2.92. The molecule has 2 nitrogen and oxygen atoms in total. The lowest BCUT2D eigenvalue weighted by molar-refractivity contribution is 0.194. The number of aryl methyl sites for hydroxylation is 1. The van der Waals surface area contributed by atoms with Crippen LogP contribution in [0.2, 0.25) is 0 Å². The fraction of sp³-hybridized carbons (Fsp3) is 0.200. The molecule has 1 atom stereocenters. The van der Waals surface area contributed by atoms with E-state index in [9.17, 15) is 18.3 Å². The van der Waals surface area contributed by atoms with Crippen LogP contribution < -0.4 is 4.74 Å². The maximum Gasteiger partial charge on any atom is 0.201 e. The van der Waals surface area contributed by atoms with E-state index >= 15 is 0 Å². The Balaban J connectivity index is 2.51. The molecule has 0 bridgehead atoms. The zero-order valence-corrected chi connectivity index (χ0v) is 12.8. The summed E-state index contributed by atoms with van der Waals surface area (Å²) in [5, 5.41) is 9.65. The van der Waals surface area contributed by atoms with Crippen molar-refractivity contribution in [3.05, 3.63) is 57.3 Å². The van der Waals surface area contributed by atoms with Crippen molar-refractivity contribution in [2.24, 2.45) is 0 Å². The zero-order valence-electron chi connectivity index (χ0n) is 11.3. The number of aliphatic hydroxyl groups is 1. The summed E-state index contributed by atoms with van der Waals surface area (Å²) < 4.78 is 46.3. The molecule has 0 aliphatic heterocycles. The van der Waals surface area contributed by atoms with Gasteiger partial charge in [-0.3, -0.25) is 0 Å². The van der Waals surface area contributed by atoms with E-state index in [-0.39, 0.29) is 22.6 Å². The highest BCUT2D eigenvalue weighted by Crippen LogP contribution is 2.35. The van der Waals surface area contributed by atoms with E-state index in [0.717, 1.165) is 12.1 Å². The SMILES string of the molecule is Cc1cc(Oc2cc(Br)cc(F)c2F)c(C(C)O)cc1F. The molecule has 0 aliphatic rings. The normalized spacial score (nSPS) is 12.3. The molecule has 0 saturated carbocycles. The molecule has 2 rings (SSSR count). The average molecular weight is 361 g/mol. The molecule has 112 valence electrons. The van der Waals surface area contributed by atoms with Gasteiger partial charge in [0.2, 0.25) is 5.82 Å². The van der Waals surface area contributed by atoms with Gasteiger partial charge in [-0.05, 0) is 43.7 Å². The van der Waals surface area contributed by atoms with Crippen molar-refractivity contribution in [2.75, 3.05) is 0 Å². The van der Waals surface area contributed by atoms with E-state index in [2.05, 4.69) is 15.9 Å². The van der Waals surface area contributed by atoms with E-state index < -0.39 is 23.6 Å². The van der Waals surface area contributed by atoms with Crippen LogP contribution in [0.1, 0.15) is 24.2 Å². The lowest BCUT2D eigenvalue weighted by atomic mass is 10.1. The van der Waals surface area contributed by atoms with Gasteiger partial charge in [0.25, 0.3) is 0 Å². The number of rotatable bonds is 3. The van der Waals surface area contributed by atoms with Gasteiger partial charge in [-0.1, -0.05) is 15.9 Å². The monoisotopic (exact) mass is 360 g/mol. The topological polar surface area (TPSA) is 29.5 Å². The summed E-state index contributed by atoms with van der Waals surface area (Å²) in [6.07, 6.45) is -1.02. The van der Waals surface area contributed by atoms with Crippen LogP contribution in [0.25, 0.3) is 0 Å². The summed E-state index contributed by atoms with van der Waals surface area (Å²) in [6, 6.07) is 4.66. The Hall–Kier alpha value is -1.53. The first-order chi connectivity index (χ1) is 9.79. The standard InChI is InChI=1S/C15H12BrF3O2/c1-7-3-13(10(8(2)20)6-11(7)17)21-14-5-9(16)4-12(18)15(14)19/h3-6,8,20H,1-2H3. The van der Waals surface area contributed by atoms with Gasteiger partial charge in [-0.2, -0.15) is 4.39 Å². The second kappa shape index (κ2) is 6.07. The third-order valence-corrected chi connectivity index (χ3v) is 3.38. The first kappa shape index (κ1) is 15.9. The van der Waals surface area contributed by atoms with Crippen LogP contribution in [0.5, 0.6) is 11.5 Å². The lowest BCUT2D eigenvalue weighted by Gasteiger charge is -2.15. The fourth-order valence-corrected chi connectivity index (χ4v) is 2.22. The summed E-state index contributed by atoms with van der Waals surface area (Å²) in [4.78, 5) is 0. The van der Waals surface area contributed by atoms with Crippen LogP contribution in [0.15, 0.2) is 28.7 Å². The first-order valence-corrected chi connectivity index (χ1v) is 6.89. The molecule has 0 amide bonds. The van der Waals surface area contributed by atoms with Crippen LogP contribution >= 0.6 is 15.9 Å². The molecule has 6 heteroatoms. The molecule has 0 spiro atoms. The van der Waals surface area contributed by atoms with E-state index in [4.69, 9.17) is 4.74 Å². The Bertz CT molecular complexity index is 687. The minimum absolute atomic E-state index is 0.0697. The second-order valence-corrected chi connectivity index (χ2v) is 5.53. The summed E-state index contributed by atoms with van der Waals surface area (Å²) in [7, 11) is 0. The molecular formula is C15H12BrF3O2. The van der Waals surface area contributed by atoms with Crippen molar-refractivity contribution < 1.29 is 23.0 Å². The van der Waals surface area contributed by atoms with Gasteiger partial charge in [-0.15, -0.1) is 0 Å². The molecular weight excluding hydrogens is 349 g/mol. The van der Waals surface area contributed by atoms with Crippen molar-refractivity contribution >= 4 is 15.9 Å². The van der Waals surface area contributed by atoms with E-state index in [1.165, 1.54) is 26.0 Å². The zero-order chi connectivity index (χ0) is 15.7. The minimum Gasteiger partial charge on any atom is -0.454 e. The molecule has 0 radical (unpaired) electrons. The largest absolute Gasteiger partial charge is 0.454 e. The number of hydrogen-bond donors (Lipinski definition) is 1. The van der Waals surface area contributed by atoms with Crippen molar-refractivity contribution in [1.82, 2.24) is 0 Å². The van der Waals surface area contributed by atoms with E-state index in [1.54, 1.807) is 0 Å². The van der Waals surface area contributed by atoms with Gasteiger partial charge in [0.1, 0.15) is 11.6 Å². The Morgan fingerprint density at radius 3 is 2.33 bits per heavy atom. The predicted molar refractivity (Wildman–Crippen MR) is 75.9 cm³/mol. The Morgan fingerprint density at radius 1 is 1.05 bits per heavy atom. The first-order valence-electron chi connectivity index (χ1n) is 6.10. The molecule has 1 N–H and O–H groups in total. The Labute approximate surface area is 128 Å². The highest BCUT2D eigenvalue weighted by atomic mass is 79.9. The number of ether oxygens (including phenoxy) is 1. The number of aliphatic hydroxyl groups excluding tert-OH is 1. The maximum atomic E-state index is 13.7. The quantitative estimate of drug-likeness (QED) is 0.778. The molecule has 0 fully saturated rings. The van der Waals surface area contributed by atoms with Crippen LogP contribution in [-0.2, 0) is 0 Å². The average Bonchev–Trinajstić information content (AvgIpc) is 2.39. The molecule has 2 aromatic rings.